The van der Waals surface area contributed by atoms with Crippen molar-refractivity contribution >= 4 is 33.4 Å². The SMILES string of the molecule is C[C@](N)(CO)C(=O)Nc1ccc(Oc2ccc3c(c2)[nH]c2ccccc23)cc1. The van der Waals surface area contributed by atoms with Gasteiger partial charge in [-0.25, -0.2) is 0 Å². The minimum Gasteiger partial charge on any atom is -0.457 e. The molecular weight excluding hydrogens is 354 g/mol. The van der Waals surface area contributed by atoms with Crippen LogP contribution in [0.15, 0.2) is 66.7 Å². The number of nitrogens with two attached hydrogens (primary N) is 1. The van der Waals surface area contributed by atoms with E-state index in [1.165, 1.54) is 12.3 Å². The molecule has 4 aromatic rings. The second-order valence-corrected chi connectivity index (χ2v) is 7.03. The molecule has 0 saturated carbocycles. The Morgan fingerprint density at radius 3 is 2.46 bits per heavy atom. The molecule has 0 aliphatic carbocycles. The first-order valence-corrected chi connectivity index (χ1v) is 8.96. The molecule has 6 nitrogen and oxygen atoms in total. The maximum Gasteiger partial charge on any atom is 0.246 e. The highest BCUT2D eigenvalue weighted by atomic mass is 16.5. The summed E-state index contributed by atoms with van der Waals surface area (Å²) in [6.07, 6.45) is 0. The van der Waals surface area contributed by atoms with E-state index in [4.69, 9.17) is 15.6 Å². The summed E-state index contributed by atoms with van der Waals surface area (Å²) < 4.78 is 5.93. The van der Waals surface area contributed by atoms with Crippen LogP contribution in [-0.2, 0) is 4.79 Å². The number of aliphatic hydroxyl groups is 1. The Labute approximate surface area is 161 Å². The lowest BCUT2D eigenvalue weighted by Crippen LogP contribution is -2.51. The van der Waals surface area contributed by atoms with Gasteiger partial charge in [0.1, 0.15) is 17.0 Å². The molecule has 0 aliphatic heterocycles. The second kappa shape index (κ2) is 6.99. The third kappa shape index (κ3) is 3.43. The molecule has 0 fully saturated rings. The van der Waals surface area contributed by atoms with Gasteiger partial charge in [0.25, 0.3) is 0 Å². The zero-order valence-electron chi connectivity index (χ0n) is 15.4. The van der Waals surface area contributed by atoms with Crippen LogP contribution in [-0.4, -0.2) is 28.1 Å². The zero-order valence-corrected chi connectivity index (χ0v) is 15.4. The Morgan fingerprint density at radius 2 is 1.71 bits per heavy atom. The summed E-state index contributed by atoms with van der Waals surface area (Å²) in [6, 6.07) is 21.1. The quantitative estimate of drug-likeness (QED) is 0.427. The van der Waals surface area contributed by atoms with Crippen molar-refractivity contribution in [2.24, 2.45) is 5.73 Å². The van der Waals surface area contributed by atoms with Gasteiger partial charge in [-0.3, -0.25) is 4.79 Å². The molecule has 5 N–H and O–H groups in total. The van der Waals surface area contributed by atoms with E-state index in [9.17, 15) is 4.79 Å². The van der Waals surface area contributed by atoms with Crippen molar-refractivity contribution in [3.8, 4) is 11.5 Å². The number of benzene rings is 3. The topological polar surface area (TPSA) is 100 Å². The van der Waals surface area contributed by atoms with Crippen molar-refractivity contribution in [3.05, 3.63) is 66.7 Å². The van der Waals surface area contributed by atoms with Crippen LogP contribution < -0.4 is 15.8 Å². The normalized spacial score (nSPS) is 13.4. The number of carbonyl (C=O) groups is 1. The summed E-state index contributed by atoms with van der Waals surface area (Å²) in [5.74, 6) is 0.907. The van der Waals surface area contributed by atoms with Gasteiger partial charge in [-0.1, -0.05) is 18.2 Å². The number of rotatable bonds is 5. The van der Waals surface area contributed by atoms with Gasteiger partial charge in [0.15, 0.2) is 0 Å². The van der Waals surface area contributed by atoms with E-state index in [1.54, 1.807) is 24.3 Å². The highest BCUT2D eigenvalue weighted by Gasteiger charge is 2.27. The number of ether oxygens (including phenoxy) is 1. The molecule has 0 unspecified atom stereocenters. The number of aromatic nitrogens is 1. The lowest BCUT2D eigenvalue weighted by molar-refractivity contribution is -0.121. The third-order valence-corrected chi connectivity index (χ3v) is 4.67. The summed E-state index contributed by atoms with van der Waals surface area (Å²) in [6.45, 7) is 1.04. The van der Waals surface area contributed by atoms with Gasteiger partial charge >= 0.3 is 0 Å². The van der Waals surface area contributed by atoms with E-state index < -0.39 is 18.1 Å². The van der Waals surface area contributed by atoms with E-state index in [0.717, 1.165) is 16.4 Å². The van der Waals surface area contributed by atoms with Gasteiger partial charge < -0.3 is 25.9 Å². The summed E-state index contributed by atoms with van der Waals surface area (Å²) >= 11 is 0. The van der Waals surface area contributed by atoms with Crippen LogP contribution >= 0.6 is 0 Å². The maximum absolute atomic E-state index is 12.0. The number of carbonyl (C=O) groups excluding carboxylic acids is 1. The molecule has 0 aliphatic rings. The summed E-state index contributed by atoms with van der Waals surface area (Å²) in [4.78, 5) is 15.4. The number of nitrogens with one attached hydrogen (secondary N) is 2. The van der Waals surface area contributed by atoms with Crippen molar-refractivity contribution in [2.45, 2.75) is 12.5 Å². The number of amides is 1. The molecule has 4 rings (SSSR count). The summed E-state index contributed by atoms with van der Waals surface area (Å²) in [5.41, 5.74) is 7.07. The largest absolute Gasteiger partial charge is 0.457 e. The Kier molecular flexibility index (Phi) is 4.50. The van der Waals surface area contributed by atoms with E-state index in [0.29, 0.717) is 17.2 Å². The number of hydrogen-bond acceptors (Lipinski definition) is 4. The average Bonchev–Trinajstić information content (AvgIpc) is 3.07. The van der Waals surface area contributed by atoms with Crippen LogP contribution in [0.2, 0.25) is 0 Å². The zero-order chi connectivity index (χ0) is 19.7. The Bertz CT molecular complexity index is 1150. The molecule has 1 heterocycles. The van der Waals surface area contributed by atoms with Gasteiger partial charge in [-0.15, -0.1) is 0 Å². The minimum absolute atomic E-state index is 0.434. The minimum atomic E-state index is -1.33. The first kappa shape index (κ1) is 18.0. The number of para-hydroxylation sites is 1. The van der Waals surface area contributed by atoms with Crippen molar-refractivity contribution in [3.63, 3.8) is 0 Å². The van der Waals surface area contributed by atoms with E-state index in [1.807, 2.05) is 36.4 Å². The predicted molar refractivity (Wildman–Crippen MR) is 111 cm³/mol. The van der Waals surface area contributed by atoms with Crippen LogP contribution in [0.25, 0.3) is 21.8 Å². The fourth-order valence-corrected chi connectivity index (χ4v) is 2.99. The molecule has 6 heteroatoms. The van der Waals surface area contributed by atoms with Crippen molar-refractivity contribution in [1.29, 1.82) is 0 Å². The molecular formula is C22H21N3O3. The van der Waals surface area contributed by atoms with Gasteiger partial charge in [0.2, 0.25) is 5.91 Å². The fraction of sp³-hybridized carbons (Fsp3) is 0.136. The van der Waals surface area contributed by atoms with E-state index in [2.05, 4.69) is 16.4 Å². The Morgan fingerprint density at radius 1 is 1.04 bits per heavy atom. The fourth-order valence-electron chi connectivity index (χ4n) is 2.99. The molecule has 142 valence electrons. The van der Waals surface area contributed by atoms with E-state index >= 15 is 0 Å². The number of aromatic amines is 1. The standard InChI is InChI=1S/C22H21N3O3/c1-22(23,13-26)21(27)24-14-6-8-15(9-7-14)28-16-10-11-18-17-4-2-3-5-19(17)25-20(18)12-16/h2-12,25-26H,13,23H2,1H3,(H,24,27)/t22-/m0/s1. The van der Waals surface area contributed by atoms with Gasteiger partial charge in [0.05, 0.1) is 12.1 Å². The van der Waals surface area contributed by atoms with Crippen LogP contribution in [0.3, 0.4) is 0 Å². The lowest BCUT2D eigenvalue weighted by Gasteiger charge is -2.20. The first-order valence-electron chi connectivity index (χ1n) is 8.96. The summed E-state index contributed by atoms with van der Waals surface area (Å²) in [5, 5.41) is 14.2. The monoisotopic (exact) mass is 375 g/mol. The smallest absolute Gasteiger partial charge is 0.246 e. The van der Waals surface area contributed by atoms with Crippen LogP contribution in [0, 0.1) is 0 Å². The molecule has 3 aromatic carbocycles. The predicted octanol–water partition coefficient (Wildman–Crippen LogP) is 3.76. The number of anilines is 1. The third-order valence-electron chi connectivity index (χ3n) is 4.67. The molecule has 1 atom stereocenters. The number of fused-ring (bicyclic) bond motifs is 3. The molecule has 0 radical (unpaired) electrons. The lowest BCUT2D eigenvalue weighted by atomic mass is 10.0. The maximum atomic E-state index is 12.0. The highest BCUT2D eigenvalue weighted by molar-refractivity contribution is 6.07. The van der Waals surface area contributed by atoms with Crippen LogP contribution in [0.5, 0.6) is 11.5 Å². The van der Waals surface area contributed by atoms with Crippen LogP contribution in [0.4, 0.5) is 5.69 Å². The average molecular weight is 375 g/mol. The Hall–Kier alpha value is -3.35. The molecule has 0 saturated heterocycles. The number of aliphatic hydroxyl groups excluding tert-OH is 1. The van der Waals surface area contributed by atoms with Crippen LogP contribution in [0.1, 0.15) is 6.92 Å². The van der Waals surface area contributed by atoms with Crippen molar-refractivity contribution in [2.75, 3.05) is 11.9 Å². The molecule has 0 spiro atoms. The molecule has 0 bridgehead atoms. The first-order chi connectivity index (χ1) is 13.5. The van der Waals surface area contributed by atoms with Gasteiger partial charge in [-0.2, -0.15) is 0 Å². The van der Waals surface area contributed by atoms with Gasteiger partial charge in [0, 0.05) is 28.0 Å². The Balaban J connectivity index is 1.51. The van der Waals surface area contributed by atoms with Crippen molar-refractivity contribution in [1.82, 2.24) is 4.98 Å². The van der Waals surface area contributed by atoms with E-state index in [-0.39, 0.29) is 0 Å². The second-order valence-electron chi connectivity index (χ2n) is 7.03. The van der Waals surface area contributed by atoms with Gasteiger partial charge in [-0.05, 0) is 49.4 Å². The number of H-pyrrole nitrogens is 1. The molecule has 28 heavy (non-hydrogen) atoms. The molecule has 1 aromatic heterocycles. The number of hydrogen-bond donors (Lipinski definition) is 4. The summed E-state index contributed by atoms with van der Waals surface area (Å²) in [7, 11) is 0. The highest BCUT2D eigenvalue weighted by Crippen LogP contribution is 2.30. The molecule has 1 amide bonds. The van der Waals surface area contributed by atoms with Crippen molar-refractivity contribution < 1.29 is 14.6 Å².